The smallest absolute Gasteiger partial charge is 0.126 e. The fourth-order valence-electron chi connectivity index (χ4n) is 5.29. The molecule has 0 aliphatic carbocycles. The number of ether oxygens (including phenoxy) is 2. The van der Waals surface area contributed by atoms with Crippen molar-refractivity contribution in [2.45, 2.75) is 37.5 Å². The number of nitrogens with zero attached hydrogens (tertiary/aromatic N) is 1. The first-order valence-corrected chi connectivity index (χ1v) is 12.4. The third-order valence-corrected chi connectivity index (χ3v) is 7.03. The molecule has 3 aromatic rings. The van der Waals surface area contributed by atoms with Crippen LogP contribution >= 0.6 is 0 Å². The van der Waals surface area contributed by atoms with Crippen LogP contribution in [0.5, 0.6) is 23.0 Å². The Kier molecular flexibility index (Phi) is 6.91. The van der Waals surface area contributed by atoms with Gasteiger partial charge in [-0.25, -0.2) is 0 Å². The average Bonchev–Trinajstić information content (AvgIpc) is 2.87. The van der Waals surface area contributed by atoms with Gasteiger partial charge in [-0.15, -0.1) is 0 Å². The van der Waals surface area contributed by atoms with Gasteiger partial charge >= 0.3 is 0 Å². The number of aromatic hydroxyl groups is 2. The molecule has 0 saturated carbocycles. The maximum Gasteiger partial charge on any atom is 0.126 e. The van der Waals surface area contributed by atoms with Crippen LogP contribution in [0.3, 0.4) is 0 Å². The number of likely N-dealkylation sites (tertiary alicyclic amines) is 1. The van der Waals surface area contributed by atoms with Crippen LogP contribution in [-0.4, -0.2) is 48.0 Å². The van der Waals surface area contributed by atoms with E-state index in [4.69, 9.17) is 9.47 Å². The molecule has 5 nitrogen and oxygen atoms in total. The first kappa shape index (κ1) is 22.6. The lowest BCUT2D eigenvalue weighted by molar-refractivity contribution is 0.205. The molecule has 0 unspecified atom stereocenters. The van der Waals surface area contributed by atoms with Gasteiger partial charge in [0, 0.05) is 30.0 Å². The molecule has 3 aromatic carbocycles. The monoisotopic (exact) mass is 459 g/mol. The number of rotatable bonds is 7. The third-order valence-electron chi connectivity index (χ3n) is 7.03. The summed E-state index contributed by atoms with van der Waals surface area (Å²) in [5, 5.41) is 20.0. The highest BCUT2D eigenvalue weighted by Crippen LogP contribution is 2.47. The molecule has 1 fully saturated rings. The zero-order chi connectivity index (χ0) is 23.3. The molecule has 2 aliphatic rings. The number of fused-ring (bicyclic) bond motifs is 1. The lowest BCUT2D eigenvalue weighted by Gasteiger charge is -2.34. The third kappa shape index (κ3) is 5.15. The van der Waals surface area contributed by atoms with Crippen LogP contribution in [0.1, 0.15) is 54.2 Å². The van der Waals surface area contributed by atoms with Crippen molar-refractivity contribution >= 4 is 0 Å². The molecule has 2 heterocycles. The van der Waals surface area contributed by atoms with Crippen LogP contribution in [-0.2, 0) is 0 Å². The van der Waals surface area contributed by atoms with Crippen LogP contribution in [0.4, 0.5) is 0 Å². The predicted molar refractivity (Wildman–Crippen MR) is 133 cm³/mol. The highest BCUT2D eigenvalue weighted by Gasteiger charge is 2.33. The first-order chi connectivity index (χ1) is 16.7. The van der Waals surface area contributed by atoms with Gasteiger partial charge in [-0.1, -0.05) is 36.8 Å². The van der Waals surface area contributed by atoms with Gasteiger partial charge in [-0.05, 0) is 73.8 Å². The number of phenols is 2. The zero-order valence-electron chi connectivity index (χ0n) is 19.5. The van der Waals surface area contributed by atoms with E-state index in [0.717, 1.165) is 42.0 Å². The normalized spacial score (nSPS) is 20.4. The Labute approximate surface area is 201 Å². The van der Waals surface area contributed by atoms with E-state index in [1.807, 2.05) is 36.4 Å². The second kappa shape index (κ2) is 10.4. The molecular formula is C29H33NO4. The quantitative estimate of drug-likeness (QED) is 0.447. The van der Waals surface area contributed by atoms with Gasteiger partial charge in [0.1, 0.15) is 23.0 Å². The van der Waals surface area contributed by atoms with Crippen LogP contribution < -0.4 is 9.47 Å². The zero-order valence-corrected chi connectivity index (χ0v) is 19.5. The van der Waals surface area contributed by atoms with Crippen molar-refractivity contribution < 1.29 is 19.7 Å². The SMILES string of the molecule is Oc1cccc([C@H]2COc3cc(O)ccc3[C@H]2c2ccc(OCCCN3CCCCC3)cc2)c1. The maximum absolute atomic E-state index is 10.1. The van der Waals surface area contributed by atoms with Crippen molar-refractivity contribution in [3.8, 4) is 23.0 Å². The van der Waals surface area contributed by atoms with E-state index >= 15 is 0 Å². The Morgan fingerprint density at radius 3 is 2.44 bits per heavy atom. The molecule has 0 aromatic heterocycles. The van der Waals surface area contributed by atoms with Gasteiger partial charge in [0.05, 0.1) is 13.2 Å². The Balaban J connectivity index is 1.32. The number of hydrogen-bond donors (Lipinski definition) is 2. The van der Waals surface area contributed by atoms with Crippen molar-refractivity contribution in [3.63, 3.8) is 0 Å². The molecule has 5 heteroatoms. The second-order valence-corrected chi connectivity index (χ2v) is 9.39. The van der Waals surface area contributed by atoms with Gasteiger partial charge in [0.25, 0.3) is 0 Å². The lowest BCUT2D eigenvalue weighted by atomic mass is 9.76. The summed E-state index contributed by atoms with van der Waals surface area (Å²) in [6.07, 6.45) is 5.05. The van der Waals surface area contributed by atoms with E-state index in [1.165, 1.54) is 32.4 Å². The van der Waals surface area contributed by atoms with E-state index in [-0.39, 0.29) is 23.3 Å². The van der Waals surface area contributed by atoms with E-state index in [9.17, 15) is 10.2 Å². The van der Waals surface area contributed by atoms with Crippen LogP contribution in [0.25, 0.3) is 0 Å². The lowest BCUT2D eigenvalue weighted by Crippen LogP contribution is -2.31. The molecule has 2 N–H and O–H groups in total. The summed E-state index contributed by atoms with van der Waals surface area (Å²) in [5.41, 5.74) is 3.22. The maximum atomic E-state index is 10.1. The van der Waals surface area contributed by atoms with Gasteiger partial charge in [-0.3, -0.25) is 0 Å². The summed E-state index contributed by atoms with van der Waals surface area (Å²) in [6, 6.07) is 21.1. The summed E-state index contributed by atoms with van der Waals surface area (Å²) >= 11 is 0. The van der Waals surface area contributed by atoms with Crippen molar-refractivity contribution in [2.75, 3.05) is 32.8 Å². The van der Waals surface area contributed by atoms with Crippen molar-refractivity contribution in [3.05, 3.63) is 83.4 Å². The van der Waals surface area contributed by atoms with Crippen molar-refractivity contribution in [1.29, 1.82) is 0 Å². The number of benzene rings is 3. The first-order valence-electron chi connectivity index (χ1n) is 12.4. The fourth-order valence-corrected chi connectivity index (χ4v) is 5.29. The minimum absolute atomic E-state index is 0.0410. The van der Waals surface area contributed by atoms with Gasteiger partial charge in [-0.2, -0.15) is 0 Å². The molecule has 2 atom stereocenters. The van der Waals surface area contributed by atoms with Crippen LogP contribution in [0.15, 0.2) is 66.7 Å². The minimum atomic E-state index is 0.0410. The topological polar surface area (TPSA) is 62.2 Å². The standard InChI is InChI=1S/C29H33NO4/c31-23-7-4-6-22(18-23)27-20-34-28-19-24(32)10-13-26(28)29(27)21-8-11-25(12-9-21)33-17-5-16-30-14-2-1-3-15-30/h4,6-13,18-19,27,29,31-32H,1-3,5,14-17,20H2/t27-,29-/m1/s1. The summed E-state index contributed by atoms with van der Waals surface area (Å²) < 4.78 is 12.1. The summed E-state index contributed by atoms with van der Waals surface area (Å²) in [4.78, 5) is 2.54. The molecule has 34 heavy (non-hydrogen) atoms. The number of hydrogen-bond acceptors (Lipinski definition) is 5. The predicted octanol–water partition coefficient (Wildman–Crippen LogP) is 5.66. The van der Waals surface area contributed by atoms with Crippen LogP contribution in [0.2, 0.25) is 0 Å². The second-order valence-electron chi connectivity index (χ2n) is 9.39. The highest BCUT2D eigenvalue weighted by molar-refractivity contribution is 5.51. The van der Waals surface area contributed by atoms with Crippen LogP contribution in [0, 0.1) is 0 Å². The Bertz CT molecular complexity index is 1090. The number of piperidine rings is 1. The van der Waals surface area contributed by atoms with E-state index < -0.39 is 0 Å². The summed E-state index contributed by atoms with van der Waals surface area (Å²) in [7, 11) is 0. The van der Waals surface area contributed by atoms with Gasteiger partial charge in [0.2, 0.25) is 0 Å². The van der Waals surface area contributed by atoms with Gasteiger partial charge in [0.15, 0.2) is 0 Å². The van der Waals surface area contributed by atoms with E-state index in [0.29, 0.717) is 12.4 Å². The molecule has 0 amide bonds. The highest BCUT2D eigenvalue weighted by atomic mass is 16.5. The number of phenolic OH excluding ortho intramolecular Hbond substituents is 2. The molecule has 0 radical (unpaired) electrons. The Hall–Kier alpha value is -3.18. The van der Waals surface area contributed by atoms with Gasteiger partial charge < -0.3 is 24.6 Å². The minimum Gasteiger partial charge on any atom is -0.508 e. The molecule has 5 rings (SSSR count). The van der Waals surface area contributed by atoms with E-state index in [1.54, 1.807) is 18.2 Å². The molecule has 1 saturated heterocycles. The van der Waals surface area contributed by atoms with Crippen molar-refractivity contribution in [1.82, 2.24) is 4.90 Å². The molecule has 0 spiro atoms. The Morgan fingerprint density at radius 1 is 0.853 bits per heavy atom. The largest absolute Gasteiger partial charge is 0.508 e. The molecular weight excluding hydrogens is 426 g/mol. The average molecular weight is 460 g/mol. The van der Waals surface area contributed by atoms with E-state index in [2.05, 4.69) is 17.0 Å². The molecule has 0 bridgehead atoms. The molecule has 178 valence electrons. The van der Waals surface area contributed by atoms with Crippen molar-refractivity contribution in [2.24, 2.45) is 0 Å². The molecule has 2 aliphatic heterocycles. The summed E-state index contributed by atoms with van der Waals surface area (Å²) in [6.45, 7) is 4.74. The summed E-state index contributed by atoms with van der Waals surface area (Å²) in [5.74, 6) is 2.12. The fraction of sp³-hybridized carbons (Fsp3) is 0.379. The Morgan fingerprint density at radius 2 is 1.65 bits per heavy atom.